The highest BCUT2D eigenvalue weighted by Gasteiger charge is 2.51. The molecule has 7 rings (SSSR count). The third-order valence-corrected chi connectivity index (χ3v) is 18.4. The fourth-order valence-corrected chi connectivity index (χ4v) is 16.2. The normalized spacial score (nSPS) is 23.2. The van der Waals surface area contributed by atoms with Crippen molar-refractivity contribution in [1.82, 2.24) is 39.8 Å². The summed E-state index contributed by atoms with van der Waals surface area (Å²) in [6, 6.07) is 8.20. The number of aromatic nitrogens is 7. The van der Waals surface area contributed by atoms with Crippen LogP contribution in [-0.4, -0.2) is 70.7 Å². The van der Waals surface area contributed by atoms with Gasteiger partial charge in [-0.3, -0.25) is 23.2 Å². The van der Waals surface area contributed by atoms with Crippen molar-refractivity contribution < 1.29 is 35.9 Å². The van der Waals surface area contributed by atoms with Crippen molar-refractivity contribution in [2.45, 2.75) is 78.2 Å². The Morgan fingerprint density at radius 3 is 2.33 bits per heavy atom. The molecule has 0 bridgehead atoms. The van der Waals surface area contributed by atoms with Crippen LogP contribution in [0, 0.1) is 0 Å². The number of amides is 1. The highest BCUT2D eigenvalue weighted by Crippen LogP contribution is 2.82. The smallest absolute Gasteiger partial charge is 0.330 e. The van der Waals surface area contributed by atoms with Gasteiger partial charge in [0.05, 0.1) is 30.2 Å². The zero-order valence-electron chi connectivity index (χ0n) is 31.1. The Morgan fingerprint density at radius 1 is 0.926 bits per heavy atom. The van der Waals surface area contributed by atoms with Crippen molar-refractivity contribution in [2.24, 2.45) is 7.05 Å². The number of unbranched alkanes of at least 4 members (excludes halogenated alkanes) is 1. The summed E-state index contributed by atoms with van der Waals surface area (Å²) in [5, 5.41) is 8.40. The van der Waals surface area contributed by atoms with Crippen LogP contribution in [0.1, 0.15) is 87.4 Å². The number of hydrogen-bond donors (Lipinski definition) is 1. The zero-order valence-corrected chi connectivity index (χ0v) is 33.7. The van der Waals surface area contributed by atoms with E-state index in [0.717, 1.165) is 33.3 Å². The number of nitrogens with zero attached hydrogens (tertiary/aromatic N) is 7. The van der Waals surface area contributed by atoms with E-state index in [9.17, 15) is 18.5 Å². The van der Waals surface area contributed by atoms with Gasteiger partial charge in [-0.15, -0.1) is 0 Å². The molecular formula is C35H45N8O8P3. The van der Waals surface area contributed by atoms with Crippen LogP contribution in [-0.2, 0) is 52.1 Å². The predicted octanol–water partition coefficient (Wildman–Crippen LogP) is 8.52. The molecule has 19 heteroatoms. The number of pyridine rings is 1. The molecule has 0 radical (unpaired) electrons. The maximum atomic E-state index is 13.6. The third-order valence-electron chi connectivity index (χ3n) is 9.62. The van der Waals surface area contributed by atoms with Crippen LogP contribution < -0.4 is 0 Å². The van der Waals surface area contributed by atoms with Crippen molar-refractivity contribution in [1.29, 1.82) is 0 Å². The van der Waals surface area contributed by atoms with Gasteiger partial charge in [-0.25, -0.2) is 22.9 Å². The number of aryl methyl sites for hydroxylation is 1. The van der Waals surface area contributed by atoms with E-state index in [1.165, 1.54) is 0 Å². The van der Waals surface area contributed by atoms with Crippen molar-refractivity contribution in [3.05, 3.63) is 65.7 Å². The Balaban J connectivity index is 0.969. The second kappa shape index (κ2) is 15.0. The van der Waals surface area contributed by atoms with Gasteiger partial charge in [0.2, 0.25) is 0 Å². The Labute approximate surface area is 313 Å². The zero-order chi connectivity index (χ0) is 38.3. The lowest BCUT2D eigenvalue weighted by atomic mass is 9.86. The monoisotopic (exact) mass is 798 g/mol. The number of carbonyl (C=O) groups is 1. The van der Waals surface area contributed by atoms with Gasteiger partial charge in [-0.1, -0.05) is 57.5 Å². The fraction of sp³-hybridized carbons (Fsp3) is 0.486. The van der Waals surface area contributed by atoms with Crippen LogP contribution >= 0.6 is 22.8 Å². The number of rotatable bonds is 13. The summed E-state index contributed by atoms with van der Waals surface area (Å²) in [4.78, 5) is 32.4. The van der Waals surface area contributed by atoms with Crippen LogP contribution in [0.25, 0.3) is 33.7 Å². The molecule has 288 valence electrons. The molecule has 2 unspecified atom stereocenters. The van der Waals surface area contributed by atoms with Gasteiger partial charge >= 0.3 is 34.6 Å². The second-order valence-electron chi connectivity index (χ2n) is 14.5. The maximum Gasteiger partial charge on any atom is 0.345 e. The number of fused-ring (bicyclic) bond motifs is 2. The molecule has 1 amide bonds. The standard InChI is InChI=1S/C35H45N8O8P3/c1-6-17-52(45)49-53(46,18-7-2)51-54(47,50-52)19-9-8-14-35(3,4)34-40-32(48-41-34)33(44)43-16-13-24-20-25(10-11-26(24)23-43)28-12-15-36-31-29(28)38-30(39-31)27-21-37-42(5)22-27/h10-12,15,20-22H,6-9,13-14,16-19,23H2,1-5H3,(H,36,38,39). The van der Waals surface area contributed by atoms with Crippen molar-refractivity contribution >= 4 is 39.9 Å². The fourth-order valence-electron chi connectivity index (χ4n) is 6.83. The summed E-state index contributed by atoms with van der Waals surface area (Å²) in [6.45, 7) is 8.35. The number of benzene rings is 1. The Kier molecular flexibility index (Phi) is 10.7. The summed E-state index contributed by atoms with van der Waals surface area (Å²) in [7, 11) is -9.68. The number of imidazole rings is 1. The van der Waals surface area contributed by atoms with Crippen molar-refractivity contribution in [2.75, 3.05) is 25.0 Å². The molecule has 2 aliphatic rings. The third kappa shape index (κ3) is 8.10. The molecule has 1 saturated heterocycles. The van der Waals surface area contributed by atoms with Gasteiger partial charge in [-0.05, 0) is 54.9 Å². The minimum absolute atomic E-state index is 0.0156. The van der Waals surface area contributed by atoms with Gasteiger partial charge in [-0.2, -0.15) is 10.1 Å². The molecule has 0 aliphatic carbocycles. The van der Waals surface area contributed by atoms with Gasteiger partial charge in [0.15, 0.2) is 11.5 Å². The van der Waals surface area contributed by atoms with E-state index >= 15 is 0 Å². The molecule has 1 aromatic carbocycles. The van der Waals surface area contributed by atoms with Crippen LogP contribution in [0.4, 0.5) is 0 Å². The number of hydrogen-bond acceptors (Lipinski definition) is 13. The van der Waals surface area contributed by atoms with Crippen LogP contribution in [0.2, 0.25) is 0 Å². The van der Waals surface area contributed by atoms with Crippen molar-refractivity contribution in [3.8, 4) is 22.5 Å². The van der Waals surface area contributed by atoms with Gasteiger partial charge in [0.1, 0.15) is 11.3 Å². The first-order valence-electron chi connectivity index (χ1n) is 18.2. The lowest BCUT2D eigenvalue weighted by Gasteiger charge is -2.34. The Morgan fingerprint density at radius 2 is 1.65 bits per heavy atom. The molecule has 6 heterocycles. The van der Waals surface area contributed by atoms with Gasteiger partial charge in [0.25, 0.3) is 0 Å². The highest BCUT2D eigenvalue weighted by molar-refractivity contribution is 7.80. The van der Waals surface area contributed by atoms with E-state index in [-0.39, 0.29) is 30.3 Å². The van der Waals surface area contributed by atoms with E-state index in [0.29, 0.717) is 68.9 Å². The summed E-state index contributed by atoms with van der Waals surface area (Å²) in [5.74, 6) is 0.668. The Hall–Kier alpha value is -3.77. The lowest BCUT2D eigenvalue weighted by Crippen LogP contribution is -2.36. The van der Waals surface area contributed by atoms with Crippen LogP contribution in [0.5, 0.6) is 0 Å². The van der Waals surface area contributed by atoms with Gasteiger partial charge in [0, 0.05) is 43.5 Å². The van der Waals surface area contributed by atoms with E-state index < -0.39 is 28.2 Å². The first kappa shape index (κ1) is 38.5. The average Bonchev–Trinajstić information content (AvgIpc) is 3.89. The molecule has 0 spiro atoms. The molecule has 2 aliphatic heterocycles. The molecule has 0 saturated carbocycles. The summed E-state index contributed by atoms with van der Waals surface area (Å²) in [6.07, 6.45) is 8.47. The molecule has 4 aromatic heterocycles. The summed E-state index contributed by atoms with van der Waals surface area (Å²) in [5.41, 5.74) is 5.93. The second-order valence-corrected chi connectivity index (χ2v) is 21.5. The van der Waals surface area contributed by atoms with Crippen molar-refractivity contribution in [3.63, 3.8) is 0 Å². The number of H-pyrrole nitrogens is 1. The molecule has 5 aromatic rings. The lowest BCUT2D eigenvalue weighted by molar-refractivity contribution is 0.0684. The average molecular weight is 799 g/mol. The largest absolute Gasteiger partial charge is 0.345 e. The number of aromatic amines is 1. The predicted molar refractivity (Wildman–Crippen MR) is 202 cm³/mol. The Bertz CT molecular complexity index is 2300. The molecular weight excluding hydrogens is 753 g/mol. The van der Waals surface area contributed by atoms with Crippen LogP contribution in [0.3, 0.4) is 0 Å². The minimum Gasteiger partial charge on any atom is -0.330 e. The number of nitrogens with one attached hydrogen (secondary N) is 1. The summed E-state index contributed by atoms with van der Waals surface area (Å²) >= 11 is 0. The number of carbonyl (C=O) groups excluding carboxylic acids is 1. The van der Waals surface area contributed by atoms with Gasteiger partial charge < -0.3 is 14.4 Å². The van der Waals surface area contributed by atoms with Crippen LogP contribution in [0.15, 0.2) is 47.4 Å². The molecule has 1 N–H and O–H groups in total. The molecule has 16 nitrogen and oxygen atoms in total. The topological polar surface area (TPSA) is 198 Å². The molecule has 1 fully saturated rings. The first-order chi connectivity index (χ1) is 25.7. The minimum atomic E-state index is -3.92. The van der Waals surface area contributed by atoms with E-state index in [2.05, 4.69) is 31.3 Å². The van der Waals surface area contributed by atoms with E-state index in [1.54, 1.807) is 35.8 Å². The van der Waals surface area contributed by atoms with E-state index in [1.807, 2.05) is 45.3 Å². The summed E-state index contributed by atoms with van der Waals surface area (Å²) < 4.78 is 63.2. The SMILES string of the molecule is CCCP1(=O)OP(=O)(CCC)OP(=O)(CCCCC(C)(C)c2noc(C(=O)N3CCc4cc(-c5ccnc6[nH]c(-c7cnn(C)c7)nc56)ccc4C3)n2)O1. The highest BCUT2D eigenvalue weighted by atomic mass is 31.3. The quantitative estimate of drug-likeness (QED) is 0.0879. The molecule has 2 atom stereocenters. The maximum absolute atomic E-state index is 13.6. The van der Waals surface area contributed by atoms with E-state index in [4.69, 9.17) is 22.4 Å². The first-order valence-corrected chi connectivity index (χ1v) is 23.4. The molecule has 54 heavy (non-hydrogen) atoms.